The van der Waals surface area contributed by atoms with Crippen LogP contribution in [0.3, 0.4) is 0 Å². The summed E-state index contributed by atoms with van der Waals surface area (Å²) in [6.07, 6.45) is 5.16. The van der Waals surface area contributed by atoms with Gasteiger partial charge in [-0.05, 0) is 6.92 Å². The zero-order valence-electron chi connectivity index (χ0n) is 10.9. The molecule has 0 aliphatic heterocycles. The lowest BCUT2D eigenvalue weighted by molar-refractivity contribution is 0.0526. The van der Waals surface area contributed by atoms with Crippen LogP contribution >= 0.6 is 11.3 Å². The molecule has 20 heavy (non-hydrogen) atoms. The summed E-state index contributed by atoms with van der Waals surface area (Å²) in [5, 5.41) is 4.45. The molecule has 2 aromatic heterocycles. The molecule has 8 heteroatoms. The first-order chi connectivity index (χ1) is 9.70. The Kier molecular flexibility index (Phi) is 4.83. The Bertz CT molecular complexity index is 579. The minimum Gasteiger partial charge on any atom is -0.461 e. The van der Waals surface area contributed by atoms with Gasteiger partial charge in [-0.25, -0.2) is 14.8 Å². The minimum atomic E-state index is -0.505. The van der Waals surface area contributed by atoms with Crippen LogP contribution in [0.5, 0.6) is 0 Å². The SMILES string of the molecule is CCOC(=O)c1nc(C(=O)NCCn2ccnc2)cs1. The molecule has 2 aromatic rings. The van der Waals surface area contributed by atoms with Crippen LogP contribution in [0.25, 0.3) is 0 Å². The number of rotatable bonds is 6. The van der Waals surface area contributed by atoms with Crippen LogP contribution in [0, 0.1) is 0 Å². The van der Waals surface area contributed by atoms with E-state index in [1.807, 2.05) is 10.8 Å². The fraction of sp³-hybridized carbons (Fsp3) is 0.333. The standard InChI is InChI=1S/C12H14N4O3S/c1-2-19-12(18)11-15-9(7-20-11)10(17)14-4-6-16-5-3-13-8-16/h3,5,7-8H,2,4,6H2,1H3,(H,14,17). The van der Waals surface area contributed by atoms with Crippen molar-refractivity contribution in [3.63, 3.8) is 0 Å². The second-order valence-electron chi connectivity index (χ2n) is 3.81. The number of ether oxygens (including phenoxy) is 1. The highest BCUT2D eigenvalue weighted by atomic mass is 32.1. The molecule has 1 amide bonds. The van der Waals surface area contributed by atoms with E-state index in [-0.39, 0.29) is 23.2 Å². The van der Waals surface area contributed by atoms with Crippen LogP contribution in [0.2, 0.25) is 0 Å². The first-order valence-corrected chi connectivity index (χ1v) is 6.95. The zero-order chi connectivity index (χ0) is 14.4. The molecule has 2 heterocycles. The number of thiazole rings is 1. The molecule has 0 radical (unpaired) electrons. The van der Waals surface area contributed by atoms with E-state index in [4.69, 9.17) is 4.74 Å². The number of hydrogen-bond donors (Lipinski definition) is 1. The lowest BCUT2D eigenvalue weighted by atomic mass is 10.4. The number of carbonyl (C=O) groups excluding carboxylic acids is 2. The third kappa shape index (κ3) is 3.64. The Hall–Kier alpha value is -2.22. The van der Waals surface area contributed by atoms with Gasteiger partial charge in [0.25, 0.3) is 5.91 Å². The molecule has 0 atom stereocenters. The molecule has 0 aliphatic carbocycles. The van der Waals surface area contributed by atoms with Crippen LogP contribution in [0.1, 0.15) is 27.2 Å². The highest BCUT2D eigenvalue weighted by Gasteiger charge is 2.15. The summed E-state index contributed by atoms with van der Waals surface area (Å²) in [7, 11) is 0. The predicted molar refractivity (Wildman–Crippen MR) is 72.6 cm³/mol. The first-order valence-electron chi connectivity index (χ1n) is 6.07. The Labute approximate surface area is 119 Å². The summed E-state index contributed by atoms with van der Waals surface area (Å²) in [4.78, 5) is 31.1. The largest absolute Gasteiger partial charge is 0.461 e. The predicted octanol–water partition coefficient (Wildman–Crippen LogP) is 0.946. The van der Waals surface area contributed by atoms with Crippen molar-refractivity contribution < 1.29 is 14.3 Å². The van der Waals surface area contributed by atoms with Crippen molar-refractivity contribution >= 4 is 23.2 Å². The second kappa shape index (κ2) is 6.80. The Morgan fingerprint density at radius 3 is 3.05 bits per heavy atom. The number of nitrogens with zero attached hydrogens (tertiary/aromatic N) is 3. The third-order valence-electron chi connectivity index (χ3n) is 2.40. The van der Waals surface area contributed by atoms with E-state index in [0.717, 1.165) is 11.3 Å². The van der Waals surface area contributed by atoms with E-state index in [0.29, 0.717) is 13.1 Å². The van der Waals surface area contributed by atoms with E-state index in [1.54, 1.807) is 24.8 Å². The number of nitrogens with one attached hydrogen (secondary N) is 1. The Morgan fingerprint density at radius 2 is 2.35 bits per heavy atom. The summed E-state index contributed by atoms with van der Waals surface area (Å²) in [5.74, 6) is -0.813. The third-order valence-corrected chi connectivity index (χ3v) is 3.22. The average Bonchev–Trinajstić information content (AvgIpc) is 3.10. The van der Waals surface area contributed by atoms with Crippen molar-refractivity contribution in [2.75, 3.05) is 13.2 Å². The van der Waals surface area contributed by atoms with E-state index in [1.165, 1.54) is 0 Å². The van der Waals surface area contributed by atoms with Crippen molar-refractivity contribution in [1.29, 1.82) is 0 Å². The molecule has 0 fully saturated rings. The number of esters is 1. The van der Waals surface area contributed by atoms with Gasteiger partial charge in [-0.2, -0.15) is 0 Å². The van der Waals surface area contributed by atoms with Gasteiger partial charge in [0, 0.05) is 30.9 Å². The van der Waals surface area contributed by atoms with Gasteiger partial charge in [0.05, 0.1) is 12.9 Å². The smallest absolute Gasteiger partial charge is 0.367 e. The van der Waals surface area contributed by atoms with Gasteiger partial charge in [-0.1, -0.05) is 0 Å². The minimum absolute atomic E-state index is 0.187. The Morgan fingerprint density at radius 1 is 1.50 bits per heavy atom. The second-order valence-corrected chi connectivity index (χ2v) is 4.67. The fourth-order valence-electron chi connectivity index (χ4n) is 1.47. The zero-order valence-corrected chi connectivity index (χ0v) is 11.7. The van der Waals surface area contributed by atoms with Gasteiger partial charge in [-0.3, -0.25) is 4.79 Å². The fourth-order valence-corrected chi connectivity index (χ4v) is 2.16. The van der Waals surface area contributed by atoms with E-state index >= 15 is 0 Å². The molecule has 0 aliphatic rings. The van der Waals surface area contributed by atoms with Crippen molar-refractivity contribution in [3.05, 3.63) is 34.8 Å². The van der Waals surface area contributed by atoms with Gasteiger partial charge in [0.1, 0.15) is 5.69 Å². The molecular weight excluding hydrogens is 280 g/mol. The van der Waals surface area contributed by atoms with Gasteiger partial charge >= 0.3 is 5.97 Å². The molecule has 0 unspecified atom stereocenters. The maximum Gasteiger partial charge on any atom is 0.367 e. The number of carbonyl (C=O) groups is 2. The molecule has 0 saturated carbocycles. The quantitative estimate of drug-likeness (QED) is 0.801. The van der Waals surface area contributed by atoms with Gasteiger partial charge in [0.15, 0.2) is 0 Å². The number of amides is 1. The molecular formula is C12H14N4O3S. The summed E-state index contributed by atoms with van der Waals surface area (Å²) in [6, 6.07) is 0. The van der Waals surface area contributed by atoms with Gasteiger partial charge in [0.2, 0.25) is 5.01 Å². The van der Waals surface area contributed by atoms with Crippen LogP contribution in [0.15, 0.2) is 24.1 Å². The van der Waals surface area contributed by atoms with Crippen molar-refractivity contribution in [2.45, 2.75) is 13.5 Å². The molecule has 0 aromatic carbocycles. The molecule has 0 saturated heterocycles. The number of imidazole rings is 1. The highest BCUT2D eigenvalue weighted by molar-refractivity contribution is 7.11. The van der Waals surface area contributed by atoms with Crippen LogP contribution in [-0.4, -0.2) is 39.6 Å². The van der Waals surface area contributed by atoms with Crippen molar-refractivity contribution in [2.24, 2.45) is 0 Å². The van der Waals surface area contributed by atoms with E-state index in [9.17, 15) is 9.59 Å². The number of aromatic nitrogens is 3. The molecule has 0 bridgehead atoms. The summed E-state index contributed by atoms with van der Waals surface area (Å²) in [6.45, 7) is 3.09. The molecule has 0 spiro atoms. The summed E-state index contributed by atoms with van der Waals surface area (Å²) < 4.78 is 6.67. The Balaban J connectivity index is 1.84. The van der Waals surface area contributed by atoms with Crippen LogP contribution < -0.4 is 5.32 Å². The monoisotopic (exact) mass is 294 g/mol. The normalized spacial score (nSPS) is 10.2. The lowest BCUT2D eigenvalue weighted by Gasteiger charge is -2.03. The van der Waals surface area contributed by atoms with E-state index in [2.05, 4.69) is 15.3 Å². The van der Waals surface area contributed by atoms with Crippen molar-refractivity contribution in [1.82, 2.24) is 19.9 Å². The molecule has 2 rings (SSSR count). The summed E-state index contributed by atoms with van der Waals surface area (Å²) >= 11 is 1.10. The van der Waals surface area contributed by atoms with Crippen molar-refractivity contribution in [3.8, 4) is 0 Å². The average molecular weight is 294 g/mol. The topological polar surface area (TPSA) is 86.1 Å². The maximum atomic E-state index is 11.8. The van der Waals surface area contributed by atoms with Crippen LogP contribution in [-0.2, 0) is 11.3 Å². The van der Waals surface area contributed by atoms with E-state index < -0.39 is 5.97 Å². The lowest BCUT2D eigenvalue weighted by Crippen LogP contribution is -2.27. The molecule has 106 valence electrons. The number of hydrogen-bond acceptors (Lipinski definition) is 6. The van der Waals surface area contributed by atoms with Gasteiger partial charge < -0.3 is 14.6 Å². The summed E-state index contributed by atoms with van der Waals surface area (Å²) in [5.41, 5.74) is 0.226. The highest BCUT2D eigenvalue weighted by Crippen LogP contribution is 2.11. The first kappa shape index (κ1) is 14.2. The molecule has 7 nitrogen and oxygen atoms in total. The maximum absolute atomic E-state index is 11.8. The van der Waals surface area contributed by atoms with Crippen LogP contribution in [0.4, 0.5) is 0 Å². The molecule has 1 N–H and O–H groups in total. The van der Waals surface area contributed by atoms with Gasteiger partial charge in [-0.15, -0.1) is 11.3 Å².